The van der Waals surface area contributed by atoms with Gasteiger partial charge >= 0.3 is 0 Å². The average Bonchev–Trinajstić information content (AvgIpc) is 2.34. The number of rotatable bonds is 3. The van der Waals surface area contributed by atoms with Crippen molar-refractivity contribution in [2.24, 2.45) is 5.73 Å². The summed E-state index contributed by atoms with van der Waals surface area (Å²) in [4.78, 5) is 2.39. The lowest BCUT2D eigenvalue weighted by molar-refractivity contribution is 0.123. The Morgan fingerprint density at radius 3 is 2.84 bits per heavy atom. The zero-order valence-electron chi connectivity index (χ0n) is 11.1. The predicted molar refractivity (Wildman–Crippen MR) is 80.4 cm³/mol. The molecule has 1 heterocycles. The van der Waals surface area contributed by atoms with Gasteiger partial charge in [0.05, 0.1) is 5.02 Å². The van der Waals surface area contributed by atoms with Crippen LogP contribution in [0.3, 0.4) is 0 Å². The lowest BCUT2D eigenvalue weighted by atomic mass is 9.96. The fourth-order valence-electron chi connectivity index (χ4n) is 2.68. The van der Waals surface area contributed by atoms with E-state index in [4.69, 9.17) is 17.3 Å². The molecule has 0 radical (unpaired) electrons. The molecule has 2 unspecified atom stereocenters. The molecule has 5 heteroatoms. The molecule has 1 aromatic carbocycles. The van der Waals surface area contributed by atoms with Crippen molar-refractivity contribution in [2.75, 3.05) is 6.54 Å². The third-order valence-electron chi connectivity index (χ3n) is 3.64. The number of likely N-dealkylation sites (tertiary alicyclic amines) is 1. The molecule has 0 spiro atoms. The Kier molecular flexibility index (Phi) is 6.54. The van der Waals surface area contributed by atoms with Crippen LogP contribution in [0.5, 0.6) is 0 Å². The van der Waals surface area contributed by atoms with E-state index in [2.05, 4.69) is 11.8 Å². The van der Waals surface area contributed by atoms with Gasteiger partial charge < -0.3 is 5.73 Å². The predicted octanol–water partition coefficient (Wildman–Crippen LogP) is 3.60. The molecule has 0 aromatic heterocycles. The number of halogens is 3. The van der Waals surface area contributed by atoms with Crippen LogP contribution in [0.4, 0.5) is 4.39 Å². The van der Waals surface area contributed by atoms with E-state index >= 15 is 0 Å². The minimum absolute atomic E-state index is 0. The Morgan fingerprint density at radius 2 is 2.21 bits per heavy atom. The van der Waals surface area contributed by atoms with Gasteiger partial charge in [-0.05, 0) is 44.0 Å². The van der Waals surface area contributed by atoms with Gasteiger partial charge in [0.15, 0.2) is 0 Å². The van der Waals surface area contributed by atoms with Crippen molar-refractivity contribution in [3.8, 4) is 0 Å². The first kappa shape index (κ1) is 16.7. The van der Waals surface area contributed by atoms with Crippen LogP contribution in [-0.4, -0.2) is 23.5 Å². The van der Waals surface area contributed by atoms with Crippen molar-refractivity contribution in [2.45, 2.75) is 44.8 Å². The van der Waals surface area contributed by atoms with Crippen molar-refractivity contribution in [3.05, 3.63) is 34.6 Å². The van der Waals surface area contributed by atoms with Gasteiger partial charge in [0.2, 0.25) is 0 Å². The van der Waals surface area contributed by atoms with Crippen molar-refractivity contribution in [3.63, 3.8) is 0 Å². The summed E-state index contributed by atoms with van der Waals surface area (Å²) in [7, 11) is 0. The van der Waals surface area contributed by atoms with Gasteiger partial charge in [-0.25, -0.2) is 4.39 Å². The first-order valence-corrected chi connectivity index (χ1v) is 6.89. The Bertz CT molecular complexity index is 412. The first-order valence-electron chi connectivity index (χ1n) is 6.51. The summed E-state index contributed by atoms with van der Waals surface area (Å²) >= 11 is 5.81. The van der Waals surface area contributed by atoms with Crippen LogP contribution >= 0.6 is 24.0 Å². The molecule has 108 valence electrons. The molecule has 0 aliphatic carbocycles. The van der Waals surface area contributed by atoms with Gasteiger partial charge in [-0.15, -0.1) is 12.4 Å². The third kappa shape index (κ3) is 4.32. The summed E-state index contributed by atoms with van der Waals surface area (Å²) in [6.45, 7) is 3.91. The zero-order valence-corrected chi connectivity index (χ0v) is 12.7. The van der Waals surface area contributed by atoms with Gasteiger partial charge in [0, 0.05) is 18.6 Å². The number of nitrogens with zero attached hydrogens (tertiary/aromatic N) is 1. The zero-order chi connectivity index (χ0) is 13.1. The molecule has 2 atom stereocenters. The number of piperidine rings is 1. The SMILES string of the molecule is CC(N)C1CCCCN1Cc1ccc(F)c(Cl)c1.Cl. The van der Waals surface area contributed by atoms with E-state index in [9.17, 15) is 4.39 Å². The molecule has 1 fully saturated rings. The van der Waals surface area contributed by atoms with Gasteiger partial charge in [-0.2, -0.15) is 0 Å². The fourth-order valence-corrected chi connectivity index (χ4v) is 2.88. The quantitative estimate of drug-likeness (QED) is 0.924. The molecular weight excluding hydrogens is 286 g/mol. The highest BCUT2D eigenvalue weighted by atomic mass is 35.5. The summed E-state index contributed by atoms with van der Waals surface area (Å²) in [6, 6.07) is 5.53. The maximum absolute atomic E-state index is 13.1. The number of hydrogen-bond donors (Lipinski definition) is 1. The lowest BCUT2D eigenvalue weighted by Gasteiger charge is -2.38. The van der Waals surface area contributed by atoms with Crippen molar-refractivity contribution < 1.29 is 4.39 Å². The van der Waals surface area contributed by atoms with Gasteiger partial charge in [-0.3, -0.25) is 4.90 Å². The number of benzene rings is 1. The van der Waals surface area contributed by atoms with Crippen molar-refractivity contribution in [1.29, 1.82) is 0 Å². The van der Waals surface area contributed by atoms with Crippen LogP contribution in [-0.2, 0) is 6.54 Å². The van der Waals surface area contributed by atoms with Crippen LogP contribution in [0.1, 0.15) is 31.7 Å². The largest absolute Gasteiger partial charge is 0.327 e. The second-order valence-electron chi connectivity index (χ2n) is 5.14. The Hall–Kier alpha value is -0.350. The standard InChI is InChI=1S/C14H20ClFN2.ClH/c1-10(17)14-4-2-3-7-18(14)9-11-5-6-13(16)12(15)8-11;/h5-6,8,10,14H,2-4,7,9,17H2,1H3;1H. The van der Waals surface area contributed by atoms with Crippen molar-refractivity contribution >= 4 is 24.0 Å². The van der Waals surface area contributed by atoms with Crippen molar-refractivity contribution in [1.82, 2.24) is 4.90 Å². The normalized spacial score (nSPS) is 21.8. The Labute approximate surface area is 125 Å². The molecule has 1 aromatic rings. The van der Waals surface area contributed by atoms with E-state index in [0.29, 0.717) is 6.04 Å². The van der Waals surface area contributed by atoms with Crippen LogP contribution in [0.25, 0.3) is 0 Å². The maximum atomic E-state index is 13.1. The van der Waals surface area contributed by atoms with E-state index in [1.165, 1.54) is 18.9 Å². The van der Waals surface area contributed by atoms with Gasteiger partial charge in [-0.1, -0.05) is 24.1 Å². The number of nitrogens with two attached hydrogens (primary N) is 1. The van der Waals surface area contributed by atoms with E-state index < -0.39 is 0 Å². The molecule has 1 saturated heterocycles. The third-order valence-corrected chi connectivity index (χ3v) is 3.93. The summed E-state index contributed by atoms with van der Waals surface area (Å²) in [6.07, 6.45) is 3.59. The summed E-state index contributed by atoms with van der Waals surface area (Å²) in [5.41, 5.74) is 7.09. The number of hydrogen-bond acceptors (Lipinski definition) is 2. The van der Waals surface area contributed by atoms with Crippen LogP contribution in [0.2, 0.25) is 5.02 Å². The summed E-state index contributed by atoms with van der Waals surface area (Å²) < 4.78 is 13.1. The molecule has 0 amide bonds. The molecule has 2 rings (SSSR count). The van der Waals surface area contributed by atoms with E-state index in [0.717, 1.165) is 25.1 Å². The Balaban J connectivity index is 0.00000180. The minimum Gasteiger partial charge on any atom is -0.327 e. The second kappa shape index (κ2) is 7.44. The highest BCUT2D eigenvalue weighted by molar-refractivity contribution is 6.30. The topological polar surface area (TPSA) is 29.3 Å². The maximum Gasteiger partial charge on any atom is 0.141 e. The minimum atomic E-state index is -0.359. The van der Waals surface area contributed by atoms with E-state index in [-0.39, 0.29) is 29.3 Å². The van der Waals surface area contributed by atoms with Crippen LogP contribution in [0.15, 0.2) is 18.2 Å². The average molecular weight is 307 g/mol. The Morgan fingerprint density at radius 1 is 1.47 bits per heavy atom. The molecule has 0 bridgehead atoms. The monoisotopic (exact) mass is 306 g/mol. The molecule has 1 aliphatic heterocycles. The summed E-state index contributed by atoms with van der Waals surface area (Å²) in [5.74, 6) is -0.359. The highest BCUT2D eigenvalue weighted by Gasteiger charge is 2.25. The second-order valence-corrected chi connectivity index (χ2v) is 5.55. The molecule has 19 heavy (non-hydrogen) atoms. The van der Waals surface area contributed by atoms with Gasteiger partial charge in [0.1, 0.15) is 5.82 Å². The first-order chi connectivity index (χ1) is 8.58. The molecular formula is C14H21Cl2FN2. The fraction of sp³-hybridized carbons (Fsp3) is 0.571. The van der Waals surface area contributed by atoms with Gasteiger partial charge in [0.25, 0.3) is 0 Å². The van der Waals surface area contributed by atoms with Crippen LogP contribution < -0.4 is 5.73 Å². The smallest absolute Gasteiger partial charge is 0.141 e. The lowest BCUT2D eigenvalue weighted by Crippen LogP contribution is -2.48. The summed E-state index contributed by atoms with van der Waals surface area (Å²) in [5, 5.41) is 0.196. The van der Waals surface area contributed by atoms with E-state index in [1.54, 1.807) is 12.1 Å². The highest BCUT2D eigenvalue weighted by Crippen LogP contribution is 2.23. The molecule has 2 N–H and O–H groups in total. The molecule has 0 saturated carbocycles. The van der Waals surface area contributed by atoms with Crippen LogP contribution in [0, 0.1) is 5.82 Å². The van der Waals surface area contributed by atoms with E-state index in [1.807, 2.05) is 0 Å². The molecule has 2 nitrogen and oxygen atoms in total. The molecule has 1 aliphatic rings.